The summed E-state index contributed by atoms with van der Waals surface area (Å²) in [7, 11) is -1.29. The van der Waals surface area contributed by atoms with E-state index in [9.17, 15) is 9.00 Å². The quantitative estimate of drug-likeness (QED) is 0.744. The summed E-state index contributed by atoms with van der Waals surface area (Å²) in [5.41, 5.74) is 0. The highest BCUT2D eigenvalue weighted by Gasteiger charge is 2.34. The Hall–Kier alpha value is -0.380. The number of hydrogen-bond acceptors (Lipinski definition) is 2. The lowest BCUT2D eigenvalue weighted by atomic mass is 10.2. The third-order valence-electron chi connectivity index (χ3n) is 2.22. The predicted octanol–water partition coefficient (Wildman–Crippen LogP) is 1.64. The van der Waals surface area contributed by atoms with Gasteiger partial charge in [0, 0.05) is 16.6 Å². The van der Waals surface area contributed by atoms with E-state index in [2.05, 4.69) is 0 Å². The van der Waals surface area contributed by atoms with E-state index < -0.39 is 21.5 Å². The molecule has 0 aliphatic heterocycles. The maximum absolute atomic E-state index is 11.6. The van der Waals surface area contributed by atoms with Crippen molar-refractivity contribution in [2.24, 2.45) is 5.92 Å². The Morgan fingerprint density at radius 1 is 1.54 bits per heavy atom. The van der Waals surface area contributed by atoms with E-state index in [1.54, 1.807) is 0 Å². The highest BCUT2D eigenvalue weighted by molar-refractivity contribution is 7.87. The van der Waals surface area contributed by atoms with Crippen molar-refractivity contribution < 1.29 is 14.1 Å². The molecule has 0 saturated heterocycles. The molecule has 0 heterocycles. The molecule has 2 unspecified atom stereocenters. The van der Waals surface area contributed by atoms with E-state index in [0.717, 1.165) is 6.42 Å². The van der Waals surface area contributed by atoms with Gasteiger partial charge in [0.05, 0.1) is 0 Å². The number of carboxylic acid groups (broad SMARTS) is 1. The van der Waals surface area contributed by atoms with Crippen LogP contribution < -0.4 is 0 Å². The van der Waals surface area contributed by atoms with Gasteiger partial charge in [0.15, 0.2) is 0 Å². The molecule has 0 rings (SSSR count). The zero-order chi connectivity index (χ0) is 10.6. The lowest BCUT2D eigenvalue weighted by Gasteiger charge is -2.20. The van der Waals surface area contributed by atoms with Crippen LogP contribution in [0.2, 0.25) is 0 Å². The highest BCUT2D eigenvalue weighted by Crippen LogP contribution is 2.16. The van der Waals surface area contributed by atoms with Crippen LogP contribution in [0, 0.1) is 5.92 Å². The third kappa shape index (κ3) is 3.46. The predicted molar refractivity (Wildman–Crippen MR) is 54.2 cm³/mol. The molecule has 13 heavy (non-hydrogen) atoms. The topological polar surface area (TPSA) is 54.4 Å². The van der Waals surface area contributed by atoms with Crippen molar-refractivity contribution in [3.05, 3.63) is 0 Å². The van der Waals surface area contributed by atoms with E-state index in [4.69, 9.17) is 5.11 Å². The van der Waals surface area contributed by atoms with Crippen molar-refractivity contribution in [2.75, 3.05) is 5.75 Å². The second-order valence-corrected chi connectivity index (χ2v) is 5.89. The second kappa shape index (κ2) is 4.74. The molecule has 78 valence electrons. The second-order valence-electron chi connectivity index (χ2n) is 3.84. The summed E-state index contributed by atoms with van der Waals surface area (Å²) in [5.74, 6) is -0.205. The van der Waals surface area contributed by atoms with Crippen LogP contribution in [0.4, 0.5) is 0 Å². The lowest BCUT2D eigenvalue weighted by molar-refractivity contribution is -0.139. The van der Waals surface area contributed by atoms with Gasteiger partial charge in [-0.25, -0.2) is 0 Å². The average molecular weight is 206 g/mol. The lowest BCUT2D eigenvalue weighted by Crippen LogP contribution is -2.38. The Balaban J connectivity index is 4.34. The fourth-order valence-corrected chi connectivity index (χ4v) is 2.05. The van der Waals surface area contributed by atoms with Gasteiger partial charge < -0.3 is 5.11 Å². The number of carbonyl (C=O) groups is 1. The van der Waals surface area contributed by atoms with Crippen LogP contribution in [0.15, 0.2) is 0 Å². The molecule has 0 bridgehead atoms. The van der Waals surface area contributed by atoms with Crippen LogP contribution in [-0.2, 0) is 15.6 Å². The minimum atomic E-state index is -1.29. The number of carboxylic acids is 1. The minimum absolute atomic E-state index is 0.319. The Kier molecular flexibility index (Phi) is 4.61. The van der Waals surface area contributed by atoms with Gasteiger partial charge in [0.1, 0.15) is 4.75 Å². The van der Waals surface area contributed by atoms with Gasteiger partial charge in [-0.05, 0) is 19.8 Å². The Labute approximate surface area is 82.0 Å². The van der Waals surface area contributed by atoms with Crippen LogP contribution >= 0.6 is 0 Å². The maximum Gasteiger partial charge on any atom is 0.321 e. The van der Waals surface area contributed by atoms with Gasteiger partial charge in [-0.3, -0.25) is 9.00 Å². The van der Waals surface area contributed by atoms with Crippen LogP contribution in [0.5, 0.6) is 0 Å². The first-order valence-corrected chi connectivity index (χ1v) is 5.76. The Bertz CT molecular complexity index is 211. The SMILES string of the molecule is CCC(C)CS(=O)C(C)(C)C(=O)O. The monoisotopic (exact) mass is 206 g/mol. The molecule has 0 aliphatic rings. The minimum Gasteiger partial charge on any atom is -0.480 e. The number of aliphatic carboxylic acids is 1. The van der Waals surface area contributed by atoms with Gasteiger partial charge in [0.25, 0.3) is 0 Å². The van der Waals surface area contributed by atoms with Crippen molar-refractivity contribution in [2.45, 2.75) is 38.9 Å². The molecule has 0 amide bonds. The third-order valence-corrected chi connectivity index (χ3v) is 4.40. The summed E-state index contributed by atoms with van der Waals surface area (Å²) >= 11 is 0. The summed E-state index contributed by atoms with van der Waals surface area (Å²) in [6.07, 6.45) is 0.932. The molecule has 2 atom stereocenters. The summed E-state index contributed by atoms with van der Waals surface area (Å²) in [6.45, 7) is 7.01. The molecule has 0 fully saturated rings. The highest BCUT2D eigenvalue weighted by atomic mass is 32.2. The van der Waals surface area contributed by atoms with Gasteiger partial charge in [-0.2, -0.15) is 0 Å². The molecular formula is C9H18O3S. The molecule has 3 nitrogen and oxygen atoms in total. The van der Waals surface area contributed by atoms with E-state index >= 15 is 0 Å². The average Bonchev–Trinajstić information content (AvgIpc) is 2.03. The van der Waals surface area contributed by atoms with Gasteiger partial charge in [0.2, 0.25) is 0 Å². The van der Waals surface area contributed by atoms with Crippen LogP contribution in [0.3, 0.4) is 0 Å². The number of rotatable bonds is 5. The largest absolute Gasteiger partial charge is 0.480 e. The Morgan fingerprint density at radius 2 is 2.00 bits per heavy atom. The molecule has 4 heteroatoms. The number of hydrogen-bond donors (Lipinski definition) is 1. The van der Waals surface area contributed by atoms with Crippen LogP contribution in [-0.4, -0.2) is 25.8 Å². The Morgan fingerprint density at radius 3 is 2.31 bits per heavy atom. The van der Waals surface area contributed by atoms with E-state index in [1.165, 1.54) is 13.8 Å². The molecule has 1 N–H and O–H groups in total. The molecule has 0 radical (unpaired) electrons. The summed E-state index contributed by atoms with van der Waals surface area (Å²) in [4.78, 5) is 10.7. The zero-order valence-corrected chi connectivity index (χ0v) is 9.48. The standard InChI is InChI=1S/C9H18O3S/c1-5-7(2)6-13(12)9(3,4)8(10)11/h7H,5-6H2,1-4H3,(H,10,11). The summed E-state index contributed by atoms with van der Waals surface area (Å²) < 4.78 is 10.5. The fraction of sp³-hybridized carbons (Fsp3) is 0.889. The van der Waals surface area contributed by atoms with Gasteiger partial charge >= 0.3 is 5.97 Å². The first-order chi connectivity index (χ1) is 5.82. The molecular weight excluding hydrogens is 188 g/mol. The van der Waals surface area contributed by atoms with Gasteiger partial charge in [-0.15, -0.1) is 0 Å². The smallest absolute Gasteiger partial charge is 0.321 e. The molecule has 0 aromatic rings. The van der Waals surface area contributed by atoms with Crippen molar-refractivity contribution in [3.63, 3.8) is 0 Å². The molecule has 0 aromatic heterocycles. The molecule has 0 aliphatic carbocycles. The normalized spacial score (nSPS) is 16.6. The van der Waals surface area contributed by atoms with E-state index in [-0.39, 0.29) is 0 Å². The van der Waals surface area contributed by atoms with Crippen LogP contribution in [0.25, 0.3) is 0 Å². The van der Waals surface area contributed by atoms with E-state index in [0.29, 0.717) is 11.7 Å². The fourth-order valence-electron chi connectivity index (χ4n) is 0.682. The van der Waals surface area contributed by atoms with Crippen molar-refractivity contribution >= 4 is 16.8 Å². The van der Waals surface area contributed by atoms with E-state index in [1.807, 2.05) is 13.8 Å². The molecule has 0 aromatic carbocycles. The maximum atomic E-state index is 11.6. The first kappa shape index (κ1) is 12.6. The van der Waals surface area contributed by atoms with Crippen molar-refractivity contribution in [3.8, 4) is 0 Å². The van der Waals surface area contributed by atoms with Gasteiger partial charge in [-0.1, -0.05) is 20.3 Å². The molecule has 0 saturated carbocycles. The molecule has 0 spiro atoms. The first-order valence-electron chi connectivity index (χ1n) is 4.44. The van der Waals surface area contributed by atoms with Crippen molar-refractivity contribution in [1.29, 1.82) is 0 Å². The van der Waals surface area contributed by atoms with Crippen LogP contribution in [0.1, 0.15) is 34.1 Å². The zero-order valence-electron chi connectivity index (χ0n) is 8.66. The van der Waals surface area contributed by atoms with Crippen molar-refractivity contribution in [1.82, 2.24) is 0 Å². The summed E-state index contributed by atoms with van der Waals surface area (Å²) in [6, 6.07) is 0. The summed E-state index contributed by atoms with van der Waals surface area (Å²) in [5, 5.41) is 8.80.